The normalized spacial score (nSPS) is 15.7. The summed E-state index contributed by atoms with van der Waals surface area (Å²) < 4.78 is 6.71. The van der Waals surface area contributed by atoms with Crippen LogP contribution in [-0.4, -0.2) is 33.4 Å². The fourth-order valence-electron chi connectivity index (χ4n) is 3.16. The fraction of sp³-hybridized carbons (Fsp3) is 0.444. The topological polar surface area (TPSA) is 85.2 Å². The summed E-state index contributed by atoms with van der Waals surface area (Å²) >= 11 is 6.79. The van der Waals surface area contributed by atoms with E-state index in [0.717, 1.165) is 24.8 Å². The molecule has 0 aromatic carbocycles. The highest BCUT2D eigenvalue weighted by molar-refractivity contribution is 7.80. The molecule has 0 spiro atoms. The Kier molecular flexibility index (Phi) is 5.91. The molecule has 0 bridgehead atoms. The minimum absolute atomic E-state index is 0.137. The molecule has 0 aliphatic heterocycles. The van der Waals surface area contributed by atoms with Crippen molar-refractivity contribution in [3.63, 3.8) is 0 Å². The first-order chi connectivity index (χ1) is 12.9. The van der Waals surface area contributed by atoms with Crippen LogP contribution in [0.1, 0.15) is 51.6 Å². The van der Waals surface area contributed by atoms with Gasteiger partial charge in [-0.05, 0) is 56.0 Å². The molecule has 1 atom stereocenters. The van der Waals surface area contributed by atoms with Crippen molar-refractivity contribution in [3.8, 4) is 0 Å². The summed E-state index contributed by atoms with van der Waals surface area (Å²) in [5.74, 6) is -0.136. The van der Waals surface area contributed by atoms with Crippen molar-refractivity contribution in [1.29, 1.82) is 0 Å². The van der Waals surface area contributed by atoms with Crippen LogP contribution in [0.2, 0.25) is 0 Å². The zero-order chi connectivity index (χ0) is 19.6. The molecule has 2 N–H and O–H groups in total. The van der Waals surface area contributed by atoms with Crippen molar-refractivity contribution in [2.75, 3.05) is 11.9 Å². The molecule has 144 valence electrons. The summed E-state index contributed by atoms with van der Waals surface area (Å²) in [6.07, 6.45) is 4.36. The number of thiocarbonyl (C=S) groups is 1. The van der Waals surface area contributed by atoms with E-state index in [0.29, 0.717) is 28.8 Å². The van der Waals surface area contributed by atoms with Crippen LogP contribution in [-0.2, 0) is 24.6 Å². The number of esters is 1. The maximum atomic E-state index is 12.5. The number of hydrogen-bond acceptors (Lipinski definition) is 6. The van der Waals surface area contributed by atoms with Gasteiger partial charge in [0.1, 0.15) is 10.7 Å². The summed E-state index contributed by atoms with van der Waals surface area (Å²) in [4.78, 5) is 26.0. The summed E-state index contributed by atoms with van der Waals surface area (Å²) in [5, 5.41) is 10.4. The minimum atomic E-state index is -0.361. The molecule has 0 saturated heterocycles. The average Bonchev–Trinajstić information content (AvgIpc) is 3.17. The Morgan fingerprint density at radius 2 is 2.26 bits per heavy atom. The van der Waals surface area contributed by atoms with Crippen LogP contribution in [0.25, 0.3) is 0 Å². The van der Waals surface area contributed by atoms with Gasteiger partial charge in [0, 0.05) is 18.1 Å². The van der Waals surface area contributed by atoms with Gasteiger partial charge in [-0.15, -0.1) is 11.3 Å². The molecule has 7 nitrogen and oxygen atoms in total. The van der Waals surface area contributed by atoms with E-state index in [1.54, 1.807) is 26.2 Å². The smallest absolute Gasteiger partial charge is 0.341 e. The van der Waals surface area contributed by atoms with Crippen molar-refractivity contribution in [2.45, 2.75) is 33.1 Å². The zero-order valence-corrected chi connectivity index (χ0v) is 17.1. The first-order valence-corrected chi connectivity index (χ1v) is 10.0. The van der Waals surface area contributed by atoms with E-state index in [4.69, 9.17) is 17.0 Å². The van der Waals surface area contributed by atoms with Crippen molar-refractivity contribution < 1.29 is 14.3 Å². The third kappa shape index (κ3) is 4.19. The molecule has 3 rings (SSSR count). The van der Waals surface area contributed by atoms with E-state index in [1.165, 1.54) is 20.9 Å². The number of hydrogen-bond donors (Lipinski definition) is 2. The molecule has 2 heterocycles. The average molecular weight is 407 g/mol. The second-order valence-electron chi connectivity index (χ2n) is 6.52. The third-order valence-electron chi connectivity index (χ3n) is 4.50. The lowest BCUT2D eigenvalue weighted by atomic mass is 9.88. The molecular formula is C18H22N4O3S2. The van der Waals surface area contributed by atoms with Gasteiger partial charge in [0.25, 0.3) is 5.91 Å². The van der Waals surface area contributed by atoms with Crippen LogP contribution in [0.15, 0.2) is 12.3 Å². The van der Waals surface area contributed by atoms with Crippen molar-refractivity contribution >= 4 is 45.5 Å². The number of amides is 1. The van der Waals surface area contributed by atoms with Crippen LogP contribution in [0, 0.1) is 5.92 Å². The van der Waals surface area contributed by atoms with Gasteiger partial charge in [0.2, 0.25) is 0 Å². The second-order valence-corrected chi connectivity index (χ2v) is 8.04. The summed E-state index contributed by atoms with van der Waals surface area (Å²) in [6.45, 7) is 4.30. The van der Waals surface area contributed by atoms with Crippen LogP contribution in [0.5, 0.6) is 0 Å². The quantitative estimate of drug-likeness (QED) is 0.600. The molecule has 1 aliphatic carbocycles. The number of aryl methyl sites for hydroxylation is 1. The van der Waals surface area contributed by atoms with Crippen molar-refractivity contribution in [2.24, 2.45) is 13.0 Å². The maximum Gasteiger partial charge on any atom is 0.341 e. The highest BCUT2D eigenvalue weighted by atomic mass is 32.1. The predicted molar refractivity (Wildman–Crippen MR) is 108 cm³/mol. The molecule has 0 radical (unpaired) electrons. The molecule has 27 heavy (non-hydrogen) atoms. The fourth-order valence-corrected chi connectivity index (χ4v) is 4.82. The highest BCUT2D eigenvalue weighted by Crippen LogP contribution is 2.40. The van der Waals surface area contributed by atoms with Gasteiger partial charge in [0.05, 0.1) is 12.2 Å². The highest BCUT2D eigenvalue weighted by Gasteiger charge is 2.29. The number of aromatic nitrogens is 2. The number of anilines is 1. The lowest BCUT2D eigenvalue weighted by Crippen LogP contribution is -2.35. The summed E-state index contributed by atoms with van der Waals surface area (Å²) in [7, 11) is 1.68. The first kappa shape index (κ1) is 19.5. The molecule has 1 aliphatic rings. The van der Waals surface area contributed by atoms with E-state index < -0.39 is 0 Å². The molecular weight excluding hydrogens is 384 g/mol. The standard InChI is InChI=1S/C18H22N4O3S2/c1-4-25-17(24)14-11-6-5-10(2)9-13(11)27-16(14)21-18(26)20-15(23)12-7-8-19-22(12)3/h7-8,10H,4-6,9H2,1-3H3,(H2,20,21,23,26)/t10-/m1/s1. The van der Waals surface area contributed by atoms with Gasteiger partial charge in [-0.2, -0.15) is 5.10 Å². The Labute approximate surface area is 167 Å². The number of nitrogens with zero attached hydrogens (tertiary/aromatic N) is 2. The van der Waals surface area contributed by atoms with Crippen molar-refractivity contribution in [1.82, 2.24) is 15.1 Å². The van der Waals surface area contributed by atoms with Crippen molar-refractivity contribution in [3.05, 3.63) is 34.0 Å². The summed E-state index contributed by atoms with van der Waals surface area (Å²) in [6, 6.07) is 1.60. The van der Waals surface area contributed by atoms with Gasteiger partial charge in [-0.1, -0.05) is 6.92 Å². The van der Waals surface area contributed by atoms with Gasteiger partial charge in [0.15, 0.2) is 5.11 Å². The number of carbonyl (C=O) groups excluding carboxylic acids is 2. The molecule has 9 heteroatoms. The predicted octanol–water partition coefficient (Wildman–Crippen LogP) is 2.91. The SMILES string of the molecule is CCOC(=O)c1c(NC(=S)NC(=O)c2ccnn2C)sc2c1CC[C@@H](C)C2. The molecule has 2 aromatic rings. The Morgan fingerprint density at radius 3 is 2.93 bits per heavy atom. The zero-order valence-electron chi connectivity index (χ0n) is 15.5. The van der Waals surface area contributed by atoms with Crippen LogP contribution < -0.4 is 10.6 Å². The lowest BCUT2D eigenvalue weighted by Gasteiger charge is -2.18. The van der Waals surface area contributed by atoms with Crippen LogP contribution in [0.3, 0.4) is 0 Å². The molecule has 1 amide bonds. The Bertz CT molecular complexity index is 887. The molecule has 2 aromatic heterocycles. The molecule has 0 fully saturated rings. The Balaban J connectivity index is 1.81. The Morgan fingerprint density at radius 1 is 1.48 bits per heavy atom. The van der Waals surface area contributed by atoms with Crippen LogP contribution in [0.4, 0.5) is 5.00 Å². The minimum Gasteiger partial charge on any atom is -0.462 e. The second kappa shape index (κ2) is 8.18. The number of carbonyl (C=O) groups is 2. The van der Waals surface area contributed by atoms with Gasteiger partial charge in [-0.25, -0.2) is 4.79 Å². The number of ether oxygens (including phenoxy) is 1. The first-order valence-electron chi connectivity index (χ1n) is 8.82. The van der Waals surface area contributed by atoms with Gasteiger partial charge in [-0.3, -0.25) is 14.8 Å². The summed E-state index contributed by atoms with van der Waals surface area (Å²) in [5.41, 5.74) is 1.98. The van der Waals surface area contributed by atoms with E-state index in [-0.39, 0.29) is 17.0 Å². The molecule has 0 saturated carbocycles. The van der Waals surface area contributed by atoms with E-state index >= 15 is 0 Å². The number of nitrogens with one attached hydrogen (secondary N) is 2. The monoisotopic (exact) mass is 406 g/mol. The maximum absolute atomic E-state index is 12.5. The Hall–Kier alpha value is -2.26. The number of rotatable bonds is 4. The third-order valence-corrected chi connectivity index (χ3v) is 5.87. The van der Waals surface area contributed by atoms with Gasteiger partial charge < -0.3 is 10.1 Å². The lowest BCUT2D eigenvalue weighted by molar-refractivity contribution is 0.0526. The molecule has 0 unspecified atom stereocenters. The number of thiophene rings is 1. The number of fused-ring (bicyclic) bond motifs is 1. The van der Waals surface area contributed by atoms with E-state index in [2.05, 4.69) is 22.7 Å². The van der Waals surface area contributed by atoms with Crippen LogP contribution >= 0.6 is 23.6 Å². The van der Waals surface area contributed by atoms with E-state index in [1.807, 2.05) is 0 Å². The van der Waals surface area contributed by atoms with Gasteiger partial charge >= 0.3 is 5.97 Å². The largest absolute Gasteiger partial charge is 0.462 e. The van der Waals surface area contributed by atoms with E-state index in [9.17, 15) is 9.59 Å².